The van der Waals surface area contributed by atoms with Crippen LogP contribution in [0, 0.1) is 12.7 Å². The van der Waals surface area contributed by atoms with Crippen LogP contribution in [-0.4, -0.2) is 34.3 Å². The van der Waals surface area contributed by atoms with Gasteiger partial charge in [0.15, 0.2) is 5.82 Å². The molecule has 0 saturated carbocycles. The Balaban J connectivity index is 1.90. The summed E-state index contributed by atoms with van der Waals surface area (Å²) in [6, 6.07) is 5.10. The lowest BCUT2D eigenvalue weighted by Gasteiger charge is -2.11. The van der Waals surface area contributed by atoms with Crippen molar-refractivity contribution in [2.75, 3.05) is 18.0 Å². The summed E-state index contributed by atoms with van der Waals surface area (Å²) in [5.74, 6) is 0.743. The molecule has 1 saturated heterocycles. The van der Waals surface area contributed by atoms with Crippen LogP contribution in [0.25, 0.3) is 11.4 Å². The quantitative estimate of drug-likeness (QED) is 0.858. The molecule has 0 amide bonds. The van der Waals surface area contributed by atoms with Crippen molar-refractivity contribution >= 4 is 5.95 Å². The van der Waals surface area contributed by atoms with Crippen molar-refractivity contribution in [3.05, 3.63) is 29.6 Å². The van der Waals surface area contributed by atoms with E-state index in [-0.39, 0.29) is 11.9 Å². The van der Waals surface area contributed by atoms with E-state index in [1.807, 2.05) is 11.8 Å². The van der Waals surface area contributed by atoms with Crippen LogP contribution < -0.4 is 10.6 Å². The highest BCUT2D eigenvalue weighted by Crippen LogP contribution is 2.23. The molecule has 1 fully saturated rings. The second-order valence-corrected chi connectivity index (χ2v) is 4.96. The Morgan fingerprint density at radius 2 is 2.32 bits per heavy atom. The fourth-order valence-corrected chi connectivity index (χ4v) is 2.30. The largest absolute Gasteiger partial charge is 0.338 e. The minimum absolute atomic E-state index is 0.164. The summed E-state index contributed by atoms with van der Waals surface area (Å²) in [5, 5.41) is 6.95. The minimum Gasteiger partial charge on any atom is -0.338 e. The van der Waals surface area contributed by atoms with Crippen molar-refractivity contribution in [3.63, 3.8) is 0 Å². The number of aryl methyl sites for hydroxylation is 1. The molecule has 1 aromatic carbocycles. The van der Waals surface area contributed by atoms with E-state index >= 15 is 0 Å². The Morgan fingerprint density at radius 1 is 1.47 bits per heavy atom. The van der Waals surface area contributed by atoms with Gasteiger partial charge in [0.1, 0.15) is 5.82 Å². The fraction of sp³-hybridized carbons (Fsp3) is 0.385. The number of halogens is 1. The van der Waals surface area contributed by atoms with E-state index in [1.165, 1.54) is 6.07 Å². The van der Waals surface area contributed by atoms with Gasteiger partial charge >= 0.3 is 0 Å². The van der Waals surface area contributed by atoms with Crippen LogP contribution >= 0.6 is 0 Å². The standard InChI is InChI=1S/C13H16FN5/c1-8-2-3-11(14)10(6-8)12-16-13(18-17-12)19-5-4-9(15)7-19/h2-3,6,9H,4-5,7,15H2,1H3,(H,16,17,18). The van der Waals surface area contributed by atoms with E-state index in [4.69, 9.17) is 5.73 Å². The Bertz CT molecular complexity index is 594. The van der Waals surface area contributed by atoms with Gasteiger partial charge in [-0.3, -0.25) is 5.10 Å². The second kappa shape index (κ2) is 4.62. The molecule has 1 aromatic heterocycles. The molecule has 3 N–H and O–H groups in total. The average molecular weight is 261 g/mol. The number of H-pyrrole nitrogens is 1. The van der Waals surface area contributed by atoms with Gasteiger partial charge in [-0.15, -0.1) is 5.10 Å². The summed E-state index contributed by atoms with van der Waals surface area (Å²) >= 11 is 0. The van der Waals surface area contributed by atoms with Gasteiger partial charge in [0.05, 0.1) is 5.56 Å². The first kappa shape index (κ1) is 12.1. The van der Waals surface area contributed by atoms with Crippen molar-refractivity contribution in [3.8, 4) is 11.4 Å². The Labute approximate surface area is 110 Å². The number of aromatic nitrogens is 3. The highest BCUT2D eigenvalue weighted by Gasteiger charge is 2.23. The number of hydrogen-bond acceptors (Lipinski definition) is 4. The number of nitrogens with one attached hydrogen (secondary N) is 1. The molecule has 3 rings (SSSR count). The third kappa shape index (κ3) is 2.31. The number of benzene rings is 1. The van der Waals surface area contributed by atoms with Gasteiger partial charge in [0, 0.05) is 19.1 Å². The van der Waals surface area contributed by atoms with Crippen LogP contribution in [-0.2, 0) is 0 Å². The summed E-state index contributed by atoms with van der Waals surface area (Å²) in [6.45, 7) is 3.50. The molecular weight excluding hydrogens is 245 g/mol. The SMILES string of the molecule is Cc1ccc(F)c(-c2nc(N3CCC(N)C3)n[nH]2)c1. The van der Waals surface area contributed by atoms with Crippen molar-refractivity contribution in [1.82, 2.24) is 15.2 Å². The predicted molar refractivity (Wildman–Crippen MR) is 71.3 cm³/mol. The van der Waals surface area contributed by atoms with Crippen molar-refractivity contribution < 1.29 is 4.39 Å². The van der Waals surface area contributed by atoms with Crippen LogP contribution in [0.15, 0.2) is 18.2 Å². The fourth-order valence-electron chi connectivity index (χ4n) is 2.30. The molecule has 0 spiro atoms. The molecule has 1 atom stereocenters. The number of aromatic amines is 1. The van der Waals surface area contributed by atoms with Crippen molar-refractivity contribution in [1.29, 1.82) is 0 Å². The van der Waals surface area contributed by atoms with E-state index in [1.54, 1.807) is 12.1 Å². The zero-order valence-corrected chi connectivity index (χ0v) is 10.7. The van der Waals surface area contributed by atoms with Crippen LogP contribution in [0.1, 0.15) is 12.0 Å². The van der Waals surface area contributed by atoms with Crippen LogP contribution in [0.3, 0.4) is 0 Å². The molecule has 100 valence electrons. The van der Waals surface area contributed by atoms with Gasteiger partial charge in [0.25, 0.3) is 0 Å². The van der Waals surface area contributed by atoms with Gasteiger partial charge in [-0.1, -0.05) is 11.6 Å². The van der Waals surface area contributed by atoms with Crippen LogP contribution in [0.5, 0.6) is 0 Å². The molecule has 5 nitrogen and oxygen atoms in total. The summed E-state index contributed by atoms with van der Waals surface area (Å²) in [5.41, 5.74) is 7.29. The molecule has 1 aliphatic rings. The number of rotatable bonds is 2. The maximum absolute atomic E-state index is 13.8. The maximum atomic E-state index is 13.8. The lowest BCUT2D eigenvalue weighted by Crippen LogP contribution is -2.26. The van der Waals surface area contributed by atoms with Crippen LogP contribution in [0.4, 0.5) is 10.3 Å². The smallest absolute Gasteiger partial charge is 0.245 e. The third-order valence-corrected chi connectivity index (χ3v) is 3.36. The lowest BCUT2D eigenvalue weighted by molar-refractivity contribution is 0.629. The van der Waals surface area contributed by atoms with Gasteiger partial charge in [-0.05, 0) is 25.5 Å². The van der Waals surface area contributed by atoms with Gasteiger partial charge < -0.3 is 10.6 Å². The van der Waals surface area contributed by atoms with Gasteiger partial charge in [-0.25, -0.2) is 4.39 Å². The Kier molecular flexibility index (Phi) is 2.94. The molecule has 0 radical (unpaired) electrons. The molecule has 2 aromatic rings. The molecule has 1 unspecified atom stereocenters. The number of hydrogen-bond donors (Lipinski definition) is 2. The zero-order chi connectivity index (χ0) is 13.4. The van der Waals surface area contributed by atoms with E-state index in [0.29, 0.717) is 17.3 Å². The first-order valence-electron chi connectivity index (χ1n) is 6.33. The molecule has 19 heavy (non-hydrogen) atoms. The molecule has 0 bridgehead atoms. The second-order valence-electron chi connectivity index (χ2n) is 4.96. The third-order valence-electron chi connectivity index (χ3n) is 3.36. The van der Waals surface area contributed by atoms with E-state index < -0.39 is 0 Å². The van der Waals surface area contributed by atoms with E-state index in [2.05, 4.69) is 15.2 Å². The first-order valence-corrected chi connectivity index (χ1v) is 6.33. The first-order chi connectivity index (χ1) is 9.13. The Morgan fingerprint density at radius 3 is 3.05 bits per heavy atom. The molecule has 2 heterocycles. The molecule has 6 heteroatoms. The van der Waals surface area contributed by atoms with E-state index in [9.17, 15) is 4.39 Å². The van der Waals surface area contributed by atoms with Crippen molar-refractivity contribution in [2.24, 2.45) is 5.73 Å². The molecule has 1 aliphatic heterocycles. The number of anilines is 1. The maximum Gasteiger partial charge on any atom is 0.245 e. The van der Waals surface area contributed by atoms with E-state index in [0.717, 1.165) is 25.1 Å². The monoisotopic (exact) mass is 261 g/mol. The Hall–Kier alpha value is -1.95. The summed E-state index contributed by atoms with van der Waals surface area (Å²) in [4.78, 5) is 6.37. The summed E-state index contributed by atoms with van der Waals surface area (Å²) in [6.07, 6.45) is 0.933. The molecular formula is C13H16FN5. The highest BCUT2D eigenvalue weighted by atomic mass is 19.1. The van der Waals surface area contributed by atoms with Crippen LogP contribution in [0.2, 0.25) is 0 Å². The average Bonchev–Trinajstić information content (AvgIpc) is 3.00. The molecule has 0 aliphatic carbocycles. The van der Waals surface area contributed by atoms with Gasteiger partial charge in [-0.2, -0.15) is 4.98 Å². The lowest BCUT2D eigenvalue weighted by atomic mass is 10.1. The van der Waals surface area contributed by atoms with Crippen molar-refractivity contribution in [2.45, 2.75) is 19.4 Å². The topological polar surface area (TPSA) is 70.8 Å². The predicted octanol–water partition coefficient (Wildman–Crippen LogP) is 1.46. The minimum atomic E-state index is -0.300. The number of nitrogens with zero attached hydrogens (tertiary/aromatic N) is 3. The summed E-state index contributed by atoms with van der Waals surface area (Å²) < 4.78 is 13.8. The highest BCUT2D eigenvalue weighted by molar-refractivity contribution is 5.58. The zero-order valence-electron chi connectivity index (χ0n) is 10.7. The normalized spacial score (nSPS) is 19.1. The van der Waals surface area contributed by atoms with Gasteiger partial charge in [0.2, 0.25) is 5.95 Å². The summed E-state index contributed by atoms with van der Waals surface area (Å²) in [7, 11) is 0. The number of nitrogens with two attached hydrogens (primary N) is 1.